The highest BCUT2D eigenvalue weighted by atomic mass is 16.5. The van der Waals surface area contributed by atoms with Gasteiger partial charge in [-0.1, -0.05) is 19.9 Å². The number of carbonyl (C=O) groups is 3. The van der Waals surface area contributed by atoms with E-state index in [1.54, 1.807) is 25.4 Å². The Labute approximate surface area is 198 Å². The molecule has 3 N–H and O–H groups in total. The molecule has 1 spiro atoms. The minimum atomic E-state index is -0.684. The molecule has 0 bridgehead atoms. The van der Waals surface area contributed by atoms with Crippen LogP contribution in [0.1, 0.15) is 55.6 Å². The number of aryl methyl sites for hydroxylation is 1. The molecule has 5 rings (SSSR count). The largest absolute Gasteiger partial charge is 0.381 e. The lowest BCUT2D eigenvalue weighted by molar-refractivity contribution is -0.124. The first kappa shape index (κ1) is 22.6. The Morgan fingerprint density at radius 3 is 2.59 bits per heavy atom. The molecule has 2 unspecified atom stereocenters. The van der Waals surface area contributed by atoms with Crippen molar-refractivity contribution in [3.8, 4) is 0 Å². The summed E-state index contributed by atoms with van der Waals surface area (Å²) in [5, 5.41) is 13.0. The van der Waals surface area contributed by atoms with E-state index in [2.05, 4.69) is 34.9 Å². The fourth-order valence-corrected chi connectivity index (χ4v) is 5.61. The number of hydrogen-bond acceptors (Lipinski definition) is 5. The van der Waals surface area contributed by atoms with Gasteiger partial charge in [0.2, 0.25) is 11.8 Å². The van der Waals surface area contributed by atoms with Crippen LogP contribution in [-0.4, -0.2) is 46.8 Å². The topological polar surface area (TPSA) is 114 Å². The molecule has 1 saturated carbocycles. The van der Waals surface area contributed by atoms with E-state index in [9.17, 15) is 14.4 Å². The number of nitrogens with zero attached hydrogens (tertiary/aromatic N) is 2. The predicted molar refractivity (Wildman–Crippen MR) is 126 cm³/mol. The van der Waals surface area contributed by atoms with Gasteiger partial charge in [-0.25, -0.2) is 0 Å². The minimum Gasteiger partial charge on any atom is -0.381 e. The number of anilines is 2. The molecule has 180 valence electrons. The summed E-state index contributed by atoms with van der Waals surface area (Å²) < 4.78 is 6.96. The third kappa shape index (κ3) is 3.68. The van der Waals surface area contributed by atoms with Crippen molar-refractivity contribution in [2.75, 3.05) is 23.8 Å². The molecule has 1 aromatic heterocycles. The number of carbonyl (C=O) groups excluding carboxylic acids is 3. The van der Waals surface area contributed by atoms with E-state index < -0.39 is 11.5 Å². The minimum absolute atomic E-state index is 0.00758. The van der Waals surface area contributed by atoms with Gasteiger partial charge < -0.3 is 20.7 Å². The van der Waals surface area contributed by atoms with Crippen LogP contribution >= 0.6 is 0 Å². The van der Waals surface area contributed by atoms with Gasteiger partial charge in [0.15, 0.2) is 0 Å². The first-order valence-corrected chi connectivity index (χ1v) is 11.8. The zero-order valence-electron chi connectivity index (χ0n) is 19.8. The molecular formula is C25H31N5O4. The molecule has 2 fully saturated rings. The number of aromatic nitrogens is 2. The second-order valence-corrected chi connectivity index (χ2v) is 10.3. The Bertz CT molecular complexity index is 1150. The number of rotatable bonds is 5. The molecule has 9 nitrogen and oxygen atoms in total. The molecule has 9 heteroatoms. The fourth-order valence-electron chi connectivity index (χ4n) is 5.61. The number of fused-ring (bicyclic) bond motifs is 2. The molecular weight excluding hydrogens is 434 g/mol. The average Bonchev–Trinajstić information content (AvgIpc) is 3.34. The molecule has 1 saturated heterocycles. The average molecular weight is 466 g/mol. The van der Waals surface area contributed by atoms with Gasteiger partial charge in [-0.2, -0.15) is 5.10 Å². The summed E-state index contributed by atoms with van der Waals surface area (Å²) in [5.74, 6) is -0.583. The summed E-state index contributed by atoms with van der Waals surface area (Å²) in [4.78, 5) is 39.1. The van der Waals surface area contributed by atoms with Crippen LogP contribution in [0.15, 0.2) is 30.5 Å². The van der Waals surface area contributed by atoms with Gasteiger partial charge in [0.05, 0.1) is 5.41 Å². The number of nitrogens with one attached hydrogen (secondary N) is 3. The van der Waals surface area contributed by atoms with Crippen LogP contribution in [0.25, 0.3) is 0 Å². The van der Waals surface area contributed by atoms with Crippen LogP contribution in [0, 0.1) is 11.3 Å². The van der Waals surface area contributed by atoms with Crippen molar-refractivity contribution in [2.24, 2.45) is 18.4 Å². The van der Waals surface area contributed by atoms with Crippen molar-refractivity contribution < 1.29 is 19.1 Å². The normalized spacial score (nSPS) is 22.9. The van der Waals surface area contributed by atoms with Crippen molar-refractivity contribution in [3.63, 3.8) is 0 Å². The Balaban J connectivity index is 1.37. The molecule has 3 aliphatic rings. The summed E-state index contributed by atoms with van der Waals surface area (Å²) in [5.41, 5.74) is 2.07. The number of benzene rings is 1. The Hall–Kier alpha value is -3.20. The molecule has 3 heterocycles. The number of amides is 3. The lowest BCUT2D eigenvalue weighted by atomic mass is 9.59. The van der Waals surface area contributed by atoms with Crippen molar-refractivity contribution in [3.05, 3.63) is 41.7 Å². The van der Waals surface area contributed by atoms with Gasteiger partial charge in [-0.05, 0) is 60.8 Å². The predicted octanol–water partition coefficient (Wildman–Crippen LogP) is 2.59. The van der Waals surface area contributed by atoms with Gasteiger partial charge in [0, 0.05) is 37.8 Å². The molecule has 2 aromatic rings. The molecule has 2 aliphatic heterocycles. The number of hydrogen-bond donors (Lipinski definition) is 3. The van der Waals surface area contributed by atoms with E-state index in [1.807, 2.05) is 12.1 Å². The second-order valence-electron chi connectivity index (χ2n) is 10.3. The van der Waals surface area contributed by atoms with E-state index in [-0.39, 0.29) is 29.1 Å². The van der Waals surface area contributed by atoms with Gasteiger partial charge in [0.25, 0.3) is 5.91 Å². The summed E-state index contributed by atoms with van der Waals surface area (Å²) >= 11 is 0. The van der Waals surface area contributed by atoms with Gasteiger partial charge in [-0.15, -0.1) is 0 Å². The van der Waals surface area contributed by atoms with E-state index in [4.69, 9.17) is 4.74 Å². The zero-order chi connectivity index (χ0) is 24.1. The van der Waals surface area contributed by atoms with E-state index in [0.29, 0.717) is 37.4 Å². The zero-order valence-corrected chi connectivity index (χ0v) is 19.8. The highest BCUT2D eigenvalue weighted by molar-refractivity contribution is 6.07. The third-order valence-corrected chi connectivity index (χ3v) is 7.96. The lowest BCUT2D eigenvalue weighted by Gasteiger charge is -2.48. The molecule has 3 amide bonds. The Morgan fingerprint density at radius 2 is 1.97 bits per heavy atom. The monoisotopic (exact) mass is 465 g/mol. The maximum absolute atomic E-state index is 13.4. The van der Waals surface area contributed by atoms with E-state index in [1.165, 1.54) is 4.68 Å². The quantitative estimate of drug-likeness (QED) is 0.628. The summed E-state index contributed by atoms with van der Waals surface area (Å²) in [6, 6.07) is 6.51. The van der Waals surface area contributed by atoms with Crippen molar-refractivity contribution >= 4 is 29.1 Å². The molecule has 0 radical (unpaired) electrons. The summed E-state index contributed by atoms with van der Waals surface area (Å²) in [7, 11) is 1.70. The Morgan fingerprint density at radius 1 is 1.21 bits per heavy atom. The fraction of sp³-hybridized carbons (Fsp3) is 0.520. The van der Waals surface area contributed by atoms with Crippen LogP contribution in [0.3, 0.4) is 0 Å². The lowest BCUT2D eigenvalue weighted by Crippen LogP contribution is -2.56. The van der Waals surface area contributed by atoms with Crippen LogP contribution in [0.2, 0.25) is 0 Å². The van der Waals surface area contributed by atoms with Crippen molar-refractivity contribution in [2.45, 2.75) is 51.0 Å². The maximum atomic E-state index is 13.4. The molecule has 1 aromatic carbocycles. The standard InChI is InChI=1S/C25H31N5O4/c1-24(2)8-6-17(24)20(29-21(31)19-7-11-26-30(19)3)22(32)27-15-4-5-16-18(14-15)28-23(33)25(16)9-12-34-13-10-25/h4-5,7,11,14,17,20H,6,8-10,12-13H2,1-3H3,(H,27,32)(H,28,33)(H,29,31). The van der Waals surface area contributed by atoms with E-state index in [0.717, 1.165) is 24.1 Å². The SMILES string of the molecule is Cn1nccc1C(=O)NC(C(=O)Nc1ccc2c(c1)NC(=O)C21CCOCC1)C1CCC1(C)C. The second kappa shape index (κ2) is 8.23. The van der Waals surface area contributed by atoms with Crippen LogP contribution in [-0.2, 0) is 26.8 Å². The molecule has 34 heavy (non-hydrogen) atoms. The van der Waals surface area contributed by atoms with Gasteiger partial charge in [0.1, 0.15) is 11.7 Å². The van der Waals surface area contributed by atoms with Gasteiger partial charge in [-0.3, -0.25) is 19.1 Å². The van der Waals surface area contributed by atoms with Crippen LogP contribution in [0.5, 0.6) is 0 Å². The van der Waals surface area contributed by atoms with Crippen molar-refractivity contribution in [1.82, 2.24) is 15.1 Å². The smallest absolute Gasteiger partial charge is 0.270 e. The highest BCUT2D eigenvalue weighted by Crippen LogP contribution is 2.48. The first-order chi connectivity index (χ1) is 16.2. The van der Waals surface area contributed by atoms with E-state index >= 15 is 0 Å². The van der Waals surface area contributed by atoms with Crippen LogP contribution < -0.4 is 16.0 Å². The Kier molecular flexibility index (Phi) is 5.47. The maximum Gasteiger partial charge on any atom is 0.270 e. The van der Waals surface area contributed by atoms with Crippen molar-refractivity contribution in [1.29, 1.82) is 0 Å². The first-order valence-electron chi connectivity index (χ1n) is 11.8. The molecule has 1 aliphatic carbocycles. The third-order valence-electron chi connectivity index (χ3n) is 7.96. The summed E-state index contributed by atoms with van der Waals surface area (Å²) in [6.45, 7) is 5.35. The summed E-state index contributed by atoms with van der Waals surface area (Å²) in [6.07, 6.45) is 4.72. The van der Waals surface area contributed by atoms with Crippen LogP contribution in [0.4, 0.5) is 11.4 Å². The molecule has 2 atom stereocenters. The number of ether oxygens (including phenoxy) is 1. The highest BCUT2D eigenvalue weighted by Gasteiger charge is 2.48. The van der Waals surface area contributed by atoms with Gasteiger partial charge >= 0.3 is 0 Å².